The Kier molecular flexibility index (Phi) is 6.65. The lowest BCUT2D eigenvalue weighted by Crippen LogP contribution is -2.37. The molecule has 25 heavy (non-hydrogen) atoms. The van der Waals surface area contributed by atoms with E-state index in [4.69, 9.17) is 14.2 Å². The van der Waals surface area contributed by atoms with Crippen LogP contribution in [0.25, 0.3) is 0 Å². The van der Waals surface area contributed by atoms with Crippen LogP contribution < -0.4 is 14.2 Å². The number of methoxy groups -OCH3 is 2. The Labute approximate surface area is 147 Å². The average molecular weight is 345 g/mol. The molecule has 0 fully saturated rings. The van der Waals surface area contributed by atoms with Crippen LogP contribution in [-0.2, 0) is 0 Å². The lowest BCUT2D eigenvalue weighted by Gasteiger charge is -2.21. The van der Waals surface area contributed by atoms with E-state index < -0.39 is 6.10 Å². The molecule has 2 rings (SSSR count). The van der Waals surface area contributed by atoms with Gasteiger partial charge in [-0.15, -0.1) is 0 Å². The molecule has 2 aromatic carbocycles. The van der Waals surface area contributed by atoms with Crippen LogP contribution in [-0.4, -0.2) is 56.4 Å². The number of carbonyl (C=O) groups is 1. The Bertz CT molecular complexity index is 669. The van der Waals surface area contributed by atoms with Crippen LogP contribution in [0.4, 0.5) is 0 Å². The number of carbonyl (C=O) groups excluding carboxylic acids is 1. The standard InChI is InChI=1S/C19H23NO5/c1-20(19(22)14-4-6-16(23-2)7-5-14)12-15(21)13-25-18-10-8-17(24-3)9-11-18/h4-11,15,21H,12-13H2,1-3H3/t15-/m1/s1. The zero-order chi connectivity index (χ0) is 18.2. The Morgan fingerprint density at radius 3 is 1.96 bits per heavy atom. The van der Waals surface area contributed by atoms with Crippen LogP contribution in [0.15, 0.2) is 48.5 Å². The molecule has 0 unspecified atom stereocenters. The second-order valence-corrected chi connectivity index (χ2v) is 5.55. The minimum Gasteiger partial charge on any atom is -0.497 e. The van der Waals surface area contributed by atoms with Gasteiger partial charge in [0.25, 0.3) is 5.91 Å². The maximum absolute atomic E-state index is 12.3. The van der Waals surface area contributed by atoms with Crippen molar-refractivity contribution >= 4 is 5.91 Å². The second kappa shape index (κ2) is 8.94. The Balaban J connectivity index is 1.83. The first kappa shape index (κ1) is 18.6. The lowest BCUT2D eigenvalue weighted by molar-refractivity contribution is 0.0563. The molecule has 6 nitrogen and oxygen atoms in total. The molecule has 0 aromatic heterocycles. The van der Waals surface area contributed by atoms with E-state index in [2.05, 4.69) is 0 Å². The monoisotopic (exact) mass is 345 g/mol. The molecule has 0 aliphatic carbocycles. The maximum Gasteiger partial charge on any atom is 0.253 e. The summed E-state index contributed by atoms with van der Waals surface area (Å²) in [6, 6.07) is 13.9. The molecule has 0 aliphatic rings. The van der Waals surface area contributed by atoms with Crippen molar-refractivity contribution in [2.75, 3.05) is 34.4 Å². The molecule has 1 N–H and O–H groups in total. The van der Waals surface area contributed by atoms with Crippen LogP contribution in [0.3, 0.4) is 0 Å². The molecule has 6 heteroatoms. The van der Waals surface area contributed by atoms with Gasteiger partial charge in [-0.1, -0.05) is 0 Å². The van der Waals surface area contributed by atoms with E-state index in [1.54, 1.807) is 69.8 Å². The van der Waals surface area contributed by atoms with E-state index in [1.807, 2.05) is 0 Å². The molecule has 2 aromatic rings. The quantitative estimate of drug-likeness (QED) is 0.794. The number of hydrogen-bond acceptors (Lipinski definition) is 5. The highest BCUT2D eigenvalue weighted by molar-refractivity contribution is 5.94. The molecule has 0 aliphatic heterocycles. The highest BCUT2D eigenvalue weighted by Gasteiger charge is 2.16. The van der Waals surface area contributed by atoms with Crippen molar-refractivity contribution in [1.29, 1.82) is 0 Å². The minimum absolute atomic E-state index is 0.0898. The van der Waals surface area contributed by atoms with Gasteiger partial charge in [-0.05, 0) is 48.5 Å². The summed E-state index contributed by atoms with van der Waals surface area (Å²) < 4.78 is 15.7. The van der Waals surface area contributed by atoms with Crippen molar-refractivity contribution < 1.29 is 24.1 Å². The number of hydrogen-bond donors (Lipinski definition) is 1. The third-order valence-electron chi connectivity index (χ3n) is 3.67. The number of ether oxygens (including phenoxy) is 3. The summed E-state index contributed by atoms with van der Waals surface area (Å²) in [5.74, 6) is 1.87. The van der Waals surface area contributed by atoms with E-state index in [0.717, 1.165) is 5.75 Å². The minimum atomic E-state index is -0.797. The third kappa shape index (κ3) is 5.39. The first-order valence-corrected chi connectivity index (χ1v) is 7.88. The van der Waals surface area contributed by atoms with Gasteiger partial charge < -0.3 is 24.2 Å². The molecular formula is C19H23NO5. The summed E-state index contributed by atoms with van der Waals surface area (Å²) in [4.78, 5) is 13.8. The molecule has 0 heterocycles. The van der Waals surface area contributed by atoms with Gasteiger partial charge in [0.15, 0.2) is 0 Å². The first-order valence-electron chi connectivity index (χ1n) is 7.88. The molecule has 0 bridgehead atoms. The van der Waals surface area contributed by atoms with Crippen molar-refractivity contribution in [3.63, 3.8) is 0 Å². The predicted molar refractivity (Wildman–Crippen MR) is 94.5 cm³/mol. The highest BCUT2D eigenvalue weighted by Crippen LogP contribution is 2.17. The molecule has 0 spiro atoms. The first-order chi connectivity index (χ1) is 12.0. The van der Waals surface area contributed by atoms with Crippen molar-refractivity contribution in [2.24, 2.45) is 0 Å². The summed E-state index contributed by atoms with van der Waals surface area (Å²) in [7, 11) is 4.81. The zero-order valence-electron chi connectivity index (χ0n) is 14.6. The van der Waals surface area contributed by atoms with E-state index in [9.17, 15) is 9.90 Å². The smallest absolute Gasteiger partial charge is 0.253 e. The normalized spacial score (nSPS) is 11.5. The van der Waals surface area contributed by atoms with E-state index >= 15 is 0 Å². The van der Waals surface area contributed by atoms with Crippen molar-refractivity contribution in [3.05, 3.63) is 54.1 Å². The number of rotatable bonds is 8. The van der Waals surface area contributed by atoms with Gasteiger partial charge in [-0.25, -0.2) is 0 Å². The summed E-state index contributed by atoms with van der Waals surface area (Å²) in [5.41, 5.74) is 0.534. The van der Waals surface area contributed by atoms with Crippen molar-refractivity contribution in [1.82, 2.24) is 4.90 Å². The molecule has 1 atom stereocenters. The number of amides is 1. The van der Waals surface area contributed by atoms with Gasteiger partial charge in [0.2, 0.25) is 0 Å². The highest BCUT2D eigenvalue weighted by atomic mass is 16.5. The number of aliphatic hydroxyl groups excluding tert-OH is 1. The number of aliphatic hydroxyl groups is 1. The van der Waals surface area contributed by atoms with Crippen LogP contribution in [0.1, 0.15) is 10.4 Å². The fourth-order valence-corrected chi connectivity index (χ4v) is 2.27. The SMILES string of the molecule is COc1ccc(OC[C@H](O)CN(C)C(=O)c2ccc(OC)cc2)cc1. The summed E-state index contributed by atoms with van der Waals surface area (Å²) in [5, 5.41) is 10.1. The number of benzene rings is 2. The maximum atomic E-state index is 12.3. The predicted octanol–water partition coefficient (Wildman–Crippen LogP) is 2.22. The largest absolute Gasteiger partial charge is 0.497 e. The third-order valence-corrected chi connectivity index (χ3v) is 3.67. The number of likely N-dealkylation sites (N-methyl/N-ethyl adjacent to an activating group) is 1. The van der Waals surface area contributed by atoms with E-state index in [0.29, 0.717) is 17.1 Å². The van der Waals surface area contributed by atoms with Crippen LogP contribution >= 0.6 is 0 Å². The Hall–Kier alpha value is -2.73. The fourth-order valence-electron chi connectivity index (χ4n) is 2.27. The lowest BCUT2D eigenvalue weighted by atomic mass is 10.2. The molecular weight excluding hydrogens is 322 g/mol. The number of nitrogens with zero attached hydrogens (tertiary/aromatic N) is 1. The van der Waals surface area contributed by atoms with Crippen molar-refractivity contribution in [2.45, 2.75) is 6.10 Å². The second-order valence-electron chi connectivity index (χ2n) is 5.55. The molecule has 0 radical (unpaired) electrons. The van der Waals surface area contributed by atoms with Gasteiger partial charge in [0.05, 0.1) is 14.2 Å². The molecule has 0 saturated heterocycles. The van der Waals surface area contributed by atoms with Gasteiger partial charge in [0.1, 0.15) is 30.0 Å². The summed E-state index contributed by atoms with van der Waals surface area (Å²) in [6.07, 6.45) is -0.797. The Morgan fingerprint density at radius 1 is 0.960 bits per heavy atom. The van der Waals surface area contributed by atoms with Crippen molar-refractivity contribution in [3.8, 4) is 17.2 Å². The van der Waals surface area contributed by atoms with E-state index in [1.165, 1.54) is 4.90 Å². The van der Waals surface area contributed by atoms with Gasteiger partial charge >= 0.3 is 0 Å². The van der Waals surface area contributed by atoms with Gasteiger partial charge in [-0.3, -0.25) is 4.79 Å². The summed E-state index contributed by atoms with van der Waals surface area (Å²) in [6.45, 7) is 0.258. The van der Waals surface area contributed by atoms with Crippen LogP contribution in [0, 0.1) is 0 Å². The van der Waals surface area contributed by atoms with Crippen LogP contribution in [0.2, 0.25) is 0 Å². The van der Waals surface area contributed by atoms with Gasteiger partial charge in [-0.2, -0.15) is 0 Å². The Morgan fingerprint density at radius 2 is 1.44 bits per heavy atom. The molecule has 1 amide bonds. The molecule has 0 saturated carbocycles. The van der Waals surface area contributed by atoms with Crippen LogP contribution in [0.5, 0.6) is 17.2 Å². The fraction of sp³-hybridized carbons (Fsp3) is 0.316. The topological polar surface area (TPSA) is 68.2 Å². The van der Waals surface area contributed by atoms with Gasteiger partial charge in [0, 0.05) is 19.2 Å². The summed E-state index contributed by atoms with van der Waals surface area (Å²) >= 11 is 0. The zero-order valence-corrected chi connectivity index (χ0v) is 14.6. The van der Waals surface area contributed by atoms with E-state index in [-0.39, 0.29) is 19.1 Å². The average Bonchev–Trinajstić information content (AvgIpc) is 2.66. The molecule has 134 valence electrons.